The first-order valence-electron chi connectivity index (χ1n) is 6.79. The lowest BCUT2D eigenvalue weighted by Crippen LogP contribution is -2.41. The molecule has 20 heavy (non-hydrogen) atoms. The molecular formula is C15H21FN2O2. The number of likely N-dealkylation sites (tertiary alicyclic amines) is 1. The fourth-order valence-corrected chi connectivity index (χ4v) is 2.70. The number of aryl methyl sites for hydroxylation is 1. The van der Waals surface area contributed by atoms with Crippen LogP contribution in [-0.4, -0.2) is 60.1 Å². The second-order valence-electron chi connectivity index (χ2n) is 5.70. The Kier molecular flexibility index (Phi) is 4.40. The van der Waals surface area contributed by atoms with E-state index in [9.17, 15) is 14.3 Å². The molecule has 0 aromatic heterocycles. The van der Waals surface area contributed by atoms with E-state index in [1.54, 1.807) is 24.0 Å². The lowest BCUT2D eigenvalue weighted by Gasteiger charge is -2.27. The number of aliphatic hydroxyl groups excluding tert-OH is 1. The second kappa shape index (κ2) is 5.89. The third-order valence-electron chi connectivity index (χ3n) is 3.65. The van der Waals surface area contributed by atoms with Crippen molar-refractivity contribution in [2.75, 3.05) is 27.2 Å². The van der Waals surface area contributed by atoms with Crippen LogP contribution in [0.25, 0.3) is 0 Å². The zero-order valence-corrected chi connectivity index (χ0v) is 12.1. The molecule has 0 saturated carbocycles. The topological polar surface area (TPSA) is 43.8 Å². The highest BCUT2D eigenvalue weighted by Crippen LogP contribution is 2.23. The maximum Gasteiger partial charge on any atom is 0.257 e. The molecule has 0 bridgehead atoms. The van der Waals surface area contributed by atoms with Crippen LogP contribution in [-0.2, 0) is 0 Å². The number of nitrogens with zero attached hydrogens (tertiary/aromatic N) is 2. The van der Waals surface area contributed by atoms with Crippen LogP contribution in [0.1, 0.15) is 22.3 Å². The van der Waals surface area contributed by atoms with Gasteiger partial charge in [-0.2, -0.15) is 0 Å². The van der Waals surface area contributed by atoms with Gasteiger partial charge in [0.2, 0.25) is 0 Å². The van der Waals surface area contributed by atoms with Crippen molar-refractivity contribution < 1.29 is 14.3 Å². The summed E-state index contributed by atoms with van der Waals surface area (Å²) in [7, 11) is 3.83. The molecule has 1 aromatic rings. The highest BCUT2D eigenvalue weighted by Gasteiger charge is 2.35. The van der Waals surface area contributed by atoms with Gasteiger partial charge >= 0.3 is 0 Å². The normalized spacial score (nSPS) is 22.6. The fourth-order valence-electron chi connectivity index (χ4n) is 2.70. The first-order valence-corrected chi connectivity index (χ1v) is 6.79. The molecule has 1 fully saturated rings. The number of hydrogen-bond acceptors (Lipinski definition) is 3. The average molecular weight is 280 g/mol. The number of rotatable bonds is 3. The summed E-state index contributed by atoms with van der Waals surface area (Å²) in [6.07, 6.45) is 0.00827. The Morgan fingerprint density at radius 1 is 1.50 bits per heavy atom. The van der Waals surface area contributed by atoms with Gasteiger partial charge < -0.3 is 14.9 Å². The summed E-state index contributed by atoms with van der Waals surface area (Å²) < 4.78 is 14.1. The van der Waals surface area contributed by atoms with Gasteiger partial charge in [-0.15, -0.1) is 0 Å². The average Bonchev–Trinajstić information content (AvgIpc) is 2.72. The molecule has 0 radical (unpaired) electrons. The van der Waals surface area contributed by atoms with Gasteiger partial charge in [0.25, 0.3) is 5.91 Å². The molecule has 1 aliphatic rings. The predicted molar refractivity (Wildman–Crippen MR) is 75.1 cm³/mol. The molecule has 1 N–H and O–H groups in total. The van der Waals surface area contributed by atoms with Crippen molar-refractivity contribution in [1.29, 1.82) is 0 Å². The minimum absolute atomic E-state index is 0.0765. The maximum absolute atomic E-state index is 14.1. The van der Waals surface area contributed by atoms with Crippen molar-refractivity contribution in [3.63, 3.8) is 0 Å². The standard InChI is InChI=1S/C15H21FN2O2/c1-10-5-4-6-13(14(10)16)15(20)18-9-12(19)7-11(18)8-17(2)3/h4-6,11-12,19H,7-9H2,1-3H3. The van der Waals surface area contributed by atoms with E-state index >= 15 is 0 Å². The molecule has 5 heteroatoms. The van der Waals surface area contributed by atoms with E-state index < -0.39 is 11.9 Å². The minimum atomic E-state index is -0.531. The van der Waals surface area contributed by atoms with Gasteiger partial charge in [-0.1, -0.05) is 12.1 Å². The summed E-state index contributed by atoms with van der Waals surface area (Å²) in [6, 6.07) is 4.75. The Morgan fingerprint density at radius 2 is 2.20 bits per heavy atom. The van der Waals surface area contributed by atoms with Crippen LogP contribution < -0.4 is 0 Å². The van der Waals surface area contributed by atoms with E-state index in [1.165, 1.54) is 6.07 Å². The predicted octanol–water partition coefficient (Wildman–Crippen LogP) is 1.27. The number of β-amino-alcohol motifs (C(OH)–C–C–N with tert-alkyl or cyclic N) is 1. The minimum Gasteiger partial charge on any atom is -0.391 e. The third kappa shape index (κ3) is 2.99. The molecular weight excluding hydrogens is 259 g/mol. The summed E-state index contributed by atoms with van der Waals surface area (Å²) >= 11 is 0. The lowest BCUT2D eigenvalue weighted by molar-refractivity contribution is 0.0694. The number of likely N-dealkylation sites (N-methyl/N-ethyl adjacent to an activating group) is 1. The smallest absolute Gasteiger partial charge is 0.257 e. The van der Waals surface area contributed by atoms with E-state index in [2.05, 4.69) is 0 Å². The number of benzene rings is 1. The number of carbonyl (C=O) groups excluding carboxylic acids is 1. The largest absolute Gasteiger partial charge is 0.391 e. The molecule has 110 valence electrons. The molecule has 2 atom stereocenters. The van der Waals surface area contributed by atoms with Gasteiger partial charge in [0.15, 0.2) is 0 Å². The summed E-state index contributed by atoms with van der Waals surface area (Å²) in [4.78, 5) is 16.1. The summed E-state index contributed by atoms with van der Waals surface area (Å²) in [5, 5.41) is 9.80. The SMILES string of the molecule is Cc1cccc(C(=O)N2CC(O)CC2CN(C)C)c1F. The van der Waals surface area contributed by atoms with Gasteiger partial charge in [-0.05, 0) is 39.1 Å². The van der Waals surface area contributed by atoms with Crippen molar-refractivity contribution in [2.24, 2.45) is 0 Å². The molecule has 2 unspecified atom stereocenters. The quantitative estimate of drug-likeness (QED) is 0.907. The van der Waals surface area contributed by atoms with Gasteiger partial charge in [0, 0.05) is 19.1 Å². The van der Waals surface area contributed by atoms with Crippen LogP contribution in [0.2, 0.25) is 0 Å². The molecule has 0 spiro atoms. The van der Waals surface area contributed by atoms with Crippen LogP contribution in [0.5, 0.6) is 0 Å². The zero-order valence-electron chi connectivity index (χ0n) is 12.1. The Balaban J connectivity index is 2.24. The van der Waals surface area contributed by atoms with Crippen molar-refractivity contribution in [2.45, 2.75) is 25.5 Å². The summed E-state index contributed by atoms with van der Waals surface area (Å²) in [6.45, 7) is 2.57. The molecule has 1 heterocycles. The number of aliphatic hydroxyl groups is 1. The fraction of sp³-hybridized carbons (Fsp3) is 0.533. The molecule has 1 aliphatic heterocycles. The number of halogens is 1. The van der Waals surface area contributed by atoms with E-state index in [0.717, 1.165) is 0 Å². The van der Waals surface area contributed by atoms with Crippen LogP contribution in [0.15, 0.2) is 18.2 Å². The van der Waals surface area contributed by atoms with Crippen molar-refractivity contribution in [3.05, 3.63) is 35.1 Å². The van der Waals surface area contributed by atoms with Crippen molar-refractivity contribution >= 4 is 5.91 Å². The van der Waals surface area contributed by atoms with Crippen LogP contribution in [0, 0.1) is 12.7 Å². The maximum atomic E-state index is 14.1. The zero-order chi connectivity index (χ0) is 14.9. The van der Waals surface area contributed by atoms with E-state index in [0.29, 0.717) is 18.5 Å². The monoisotopic (exact) mass is 280 g/mol. The highest BCUT2D eigenvalue weighted by atomic mass is 19.1. The number of carbonyl (C=O) groups is 1. The van der Waals surface area contributed by atoms with Crippen molar-refractivity contribution in [3.8, 4) is 0 Å². The first-order chi connectivity index (χ1) is 9.40. The molecule has 4 nitrogen and oxygen atoms in total. The number of amides is 1. The van der Waals surface area contributed by atoms with Gasteiger partial charge in [-0.3, -0.25) is 4.79 Å². The molecule has 0 aliphatic carbocycles. The number of hydrogen-bond donors (Lipinski definition) is 1. The van der Waals surface area contributed by atoms with Gasteiger partial charge in [-0.25, -0.2) is 4.39 Å². The van der Waals surface area contributed by atoms with E-state index in [4.69, 9.17) is 0 Å². The molecule has 1 saturated heterocycles. The van der Waals surface area contributed by atoms with Crippen molar-refractivity contribution in [1.82, 2.24) is 9.80 Å². The van der Waals surface area contributed by atoms with E-state index in [1.807, 2.05) is 19.0 Å². The van der Waals surface area contributed by atoms with Crippen LogP contribution in [0.3, 0.4) is 0 Å². The lowest BCUT2D eigenvalue weighted by atomic mass is 10.1. The van der Waals surface area contributed by atoms with E-state index in [-0.39, 0.29) is 24.1 Å². The molecule has 1 aromatic carbocycles. The van der Waals surface area contributed by atoms with Crippen LogP contribution in [0.4, 0.5) is 4.39 Å². The van der Waals surface area contributed by atoms with Gasteiger partial charge in [0.05, 0.1) is 11.7 Å². The second-order valence-corrected chi connectivity index (χ2v) is 5.70. The highest BCUT2D eigenvalue weighted by molar-refractivity contribution is 5.95. The Bertz CT molecular complexity index is 505. The van der Waals surface area contributed by atoms with Gasteiger partial charge in [0.1, 0.15) is 5.82 Å². The summed E-state index contributed by atoms with van der Waals surface area (Å²) in [5.74, 6) is -0.808. The Hall–Kier alpha value is -1.46. The Labute approximate surface area is 118 Å². The van der Waals surface area contributed by atoms with Crippen LogP contribution >= 0.6 is 0 Å². The Morgan fingerprint density at radius 3 is 2.85 bits per heavy atom. The molecule has 2 rings (SSSR count). The third-order valence-corrected chi connectivity index (χ3v) is 3.65. The molecule has 1 amide bonds. The summed E-state index contributed by atoms with van der Waals surface area (Å²) in [5.41, 5.74) is 0.544. The first kappa shape index (κ1) is 14.9.